The summed E-state index contributed by atoms with van der Waals surface area (Å²) in [6, 6.07) is 16.4. The van der Waals surface area contributed by atoms with Crippen LogP contribution in [0.15, 0.2) is 48.5 Å². The van der Waals surface area contributed by atoms with E-state index in [1.54, 1.807) is 0 Å². The van der Waals surface area contributed by atoms with Gasteiger partial charge in [0, 0.05) is 0 Å². The number of hydrogen-bond donors (Lipinski definition) is 1. The zero-order valence-corrected chi connectivity index (χ0v) is 11.6. The monoisotopic (exact) mass is 255 g/mol. The molecule has 0 spiro atoms. The minimum Gasteiger partial charge on any atom is -0.457 e. The third-order valence-electron chi connectivity index (χ3n) is 3.09. The second-order valence-electron chi connectivity index (χ2n) is 5.02. The van der Waals surface area contributed by atoms with Crippen LogP contribution in [-0.4, -0.2) is 6.54 Å². The molecule has 0 saturated heterocycles. The van der Waals surface area contributed by atoms with Crippen LogP contribution < -0.4 is 10.5 Å². The summed E-state index contributed by atoms with van der Waals surface area (Å²) in [5.41, 5.74) is 8.07. The van der Waals surface area contributed by atoms with Gasteiger partial charge in [0.1, 0.15) is 11.5 Å². The van der Waals surface area contributed by atoms with E-state index >= 15 is 0 Å². The molecule has 0 saturated carbocycles. The summed E-state index contributed by atoms with van der Waals surface area (Å²) in [6.07, 6.45) is 0.878. The number of benzene rings is 2. The maximum Gasteiger partial charge on any atom is 0.127 e. The fourth-order valence-corrected chi connectivity index (χ4v) is 2.00. The van der Waals surface area contributed by atoms with E-state index in [0.29, 0.717) is 12.5 Å². The Hall–Kier alpha value is -1.80. The maximum absolute atomic E-state index is 5.92. The molecular weight excluding hydrogens is 234 g/mol. The van der Waals surface area contributed by atoms with Crippen molar-refractivity contribution in [2.45, 2.75) is 26.2 Å². The predicted octanol–water partition coefficient (Wildman–Crippen LogP) is 4.10. The van der Waals surface area contributed by atoms with Gasteiger partial charge in [-0.2, -0.15) is 0 Å². The average Bonchev–Trinajstić information content (AvgIpc) is 2.40. The van der Waals surface area contributed by atoms with Gasteiger partial charge in [0.25, 0.3) is 0 Å². The van der Waals surface area contributed by atoms with Crippen LogP contribution in [0.25, 0.3) is 0 Å². The molecule has 0 heterocycles. The summed E-state index contributed by atoms with van der Waals surface area (Å²) in [5, 5.41) is 0. The molecule has 0 aliphatic carbocycles. The molecule has 2 rings (SSSR count). The summed E-state index contributed by atoms with van der Waals surface area (Å²) in [4.78, 5) is 0. The second kappa shape index (κ2) is 6.39. The lowest BCUT2D eigenvalue weighted by Crippen LogP contribution is -2.02. The third kappa shape index (κ3) is 3.83. The highest BCUT2D eigenvalue weighted by molar-refractivity contribution is 5.36. The summed E-state index contributed by atoms with van der Waals surface area (Å²) in [6.45, 7) is 5.02. The lowest BCUT2D eigenvalue weighted by molar-refractivity contribution is 0.481. The van der Waals surface area contributed by atoms with Gasteiger partial charge in [-0.05, 0) is 54.3 Å². The van der Waals surface area contributed by atoms with Crippen molar-refractivity contribution in [1.29, 1.82) is 0 Å². The molecule has 0 amide bonds. The van der Waals surface area contributed by atoms with E-state index in [9.17, 15) is 0 Å². The summed E-state index contributed by atoms with van der Waals surface area (Å²) >= 11 is 0. The minimum absolute atomic E-state index is 0.507. The predicted molar refractivity (Wildman–Crippen MR) is 79.8 cm³/mol. The van der Waals surface area contributed by atoms with Gasteiger partial charge in [-0.1, -0.05) is 38.1 Å². The molecule has 19 heavy (non-hydrogen) atoms. The molecule has 100 valence electrons. The molecule has 2 N–H and O–H groups in total. The Labute approximate surface area is 115 Å². The van der Waals surface area contributed by atoms with Crippen molar-refractivity contribution >= 4 is 0 Å². The average molecular weight is 255 g/mol. The smallest absolute Gasteiger partial charge is 0.127 e. The Bertz CT molecular complexity index is 534. The van der Waals surface area contributed by atoms with Crippen LogP contribution in [0.3, 0.4) is 0 Å². The molecule has 2 aromatic rings. The van der Waals surface area contributed by atoms with Gasteiger partial charge in [0.2, 0.25) is 0 Å². The highest BCUT2D eigenvalue weighted by Crippen LogP contribution is 2.25. The van der Waals surface area contributed by atoms with E-state index in [-0.39, 0.29) is 0 Å². The van der Waals surface area contributed by atoms with E-state index in [4.69, 9.17) is 10.5 Å². The van der Waals surface area contributed by atoms with Crippen molar-refractivity contribution in [3.63, 3.8) is 0 Å². The van der Waals surface area contributed by atoms with Crippen molar-refractivity contribution in [2.24, 2.45) is 5.73 Å². The van der Waals surface area contributed by atoms with Crippen molar-refractivity contribution in [1.82, 2.24) is 0 Å². The molecule has 0 unspecified atom stereocenters. The zero-order valence-electron chi connectivity index (χ0n) is 11.6. The molecule has 2 heteroatoms. The maximum atomic E-state index is 5.92. The van der Waals surface area contributed by atoms with Gasteiger partial charge < -0.3 is 10.5 Å². The zero-order chi connectivity index (χ0) is 13.7. The first-order chi connectivity index (χ1) is 9.19. The summed E-state index contributed by atoms with van der Waals surface area (Å²) in [5.74, 6) is 2.26. The Kier molecular flexibility index (Phi) is 4.58. The van der Waals surface area contributed by atoms with Gasteiger partial charge in [0.15, 0.2) is 0 Å². The molecule has 0 fully saturated rings. The second-order valence-corrected chi connectivity index (χ2v) is 5.02. The Morgan fingerprint density at radius 3 is 2.37 bits per heavy atom. The molecule has 0 aliphatic heterocycles. The standard InChI is InChI=1S/C17H21NO/c1-13(2)15-6-4-8-17(12-15)19-16-7-3-5-14(11-16)9-10-18/h3-8,11-13H,9-10,18H2,1-2H3. The Morgan fingerprint density at radius 1 is 1.00 bits per heavy atom. The third-order valence-corrected chi connectivity index (χ3v) is 3.09. The molecule has 0 aromatic heterocycles. The molecule has 0 atom stereocenters. The first kappa shape index (κ1) is 13.6. The van der Waals surface area contributed by atoms with Crippen LogP contribution in [0.5, 0.6) is 11.5 Å². The Balaban J connectivity index is 2.16. The topological polar surface area (TPSA) is 35.2 Å². The van der Waals surface area contributed by atoms with Gasteiger partial charge in [-0.25, -0.2) is 0 Å². The SMILES string of the molecule is CC(C)c1cccc(Oc2cccc(CCN)c2)c1. The van der Waals surface area contributed by atoms with E-state index in [0.717, 1.165) is 17.9 Å². The molecule has 2 nitrogen and oxygen atoms in total. The number of ether oxygens (including phenoxy) is 1. The minimum atomic E-state index is 0.507. The van der Waals surface area contributed by atoms with Crippen LogP contribution >= 0.6 is 0 Å². The van der Waals surface area contributed by atoms with E-state index < -0.39 is 0 Å². The highest BCUT2D eigenvalue weighted by atomic mass is 16.5. The molecule has 0 aliphatic rings. The van der Waals surface area contributed by atoms with Crippen LogP contribution in [0.4, 0.5) is 0 Å². The molecule has 0 radical (unpaired) electrons. The Morgan fingerprint density at radius 2 is 1.68 bits per heavy atom. The highest BCUT2D eigenvalue weighted by Gasteiger charge is 2.03. The lowest BCUT2D eigenvalue weighted by atomic mass is 10.0. The van der Waals surface area contributed by atoms with Gasteiger partial charge in [0.05, 0.1) is 0 Å². The number of nitrogens with two attached hydrogens (primary N) is 1. The van der Waals surface area contributed by atoms with Gasteiger partial charge >= 0.3 is 0 Å². The van der Waals surface area contributed by atoms with Gasteiger partial charge in [-0.15, -0.1) is 0 Å². The van der Waals surface area contributed by atoms with E-state index in [1.807, 2.05) is 24.3 Å². The van der Waals surface area contributed by atoms with Crippen LogP contribution in [-0.2, 0) is 6.42 Å². The van der Waals surface area contributed by atoms with E-state index in [2.05, 4.69) is 38.1 Å². The molecule has 2 aromatic carbocycles. The van der Waals surface area contributed by atoms with Crippen LogP contribution in [0.2, 0.25) is 0 Å². The molecule has 0 bridgehead atoms. The number of rotatable bonds is 5. The number of hydrogen-bond acceptors (Lipinski definition) is 2. The van der Waals surface area contributed by atoms with Crippen molar-refractivity contribution < 1.29 is 4.74 Å². The van der Waals surface area contributed by atoms with Crippen molar-refractivity contribution in [3.8, 4) is 11.5 Å². The van der Waals surface area contributed by atoms with Crippen molar-refractivity contribution in [3.05, 3.63) is 59.7 Å². The first-order valence-electron chi connectivity index (χ1n) is 6.76. The van der Waals surface area contributed by atoms with Crippen LogP contribution in [0, 0.1) is 0 Å². The summed E-state index contributed by atoms with van der Waals surface area (Å²) < 4.78 is 5.92. The largest absolute Gasteiger partial charge is 0.457 e. The van der Waals surface area contributed by atoms with Crippen molar-refractivity contribution in [2.75, 3.05) is 6.54 Å². The van der Waals surface area contributed by atoms with Crippen LogP contribution in [0.1, 0.15) is 30.9 Å². The quantitative estimate of drug-likeness (QED) is 0.872. The van der Waals surface area contributed by atoms with E-state index in [1.165, 1.54) is 11.1 Å². The fourth-order valence-electron chi connectivity index (χ4n) is 2.00. The fraction of sp³-hybridized carbons (Fsp3) is 0.294. The van der Waals surface area contributed by atoms with Gasteiger partial charge in [-0.3, -0.25) is 0 Å². The summed E-state index contributed by atoms with van der Waals surface area (Å²) in [7, 11) is 0. The first-order valence-corrected chi connectivity index (χ1v) is 6.76. The molecular formula is C17H21NO. The normalized spacial score (nSPS) is 10.7. The lowest BCUT2D eigenvalue weighted by Gasteiger charge is -2.10.